The van der Waals surface area contributed by atoms with Gasteiger partial charge in [0.25, 0.3) is 0 Å². The first kappa shape index (κ1) is 14.2. The van der Waals surface area contributed by atoms with Gasteiger partial charge in [-0.2, -0.15) is 0 Å². The molecule has 1 aliphatic rings. The first-order valence-electron chi connectivity index (χ1n) is 6.54. The van der Waals surface area contributed by atoms with Gasteiger partial charge in [0.15, 0.2) is 11.5 Å². The van der Waals surface area contributed by atoms with Crippen LogP contribution in [0.3, 0.4) is 0 Å². The number of nitrogens with zero attached hydrogens (tertiary/aromatic N) is 1. The fraction of sp³-hybridized carbons (Fsp3) is 0.267. The molecule has 110 valence electrons. The van der Waals surface area contributed by atoms with Crippen molar-refractivity contribution in [2.24, 2.45) is 0 Å². The van der Waals surface area contributed by atoms with E-state index in [0.29, 0.717) is 35.0 Å². The lowest BCUT2D eigenvalue weighted by Crippen LogP contribution is -2.02. The van der Waals surface area contributed by atoms with Gasteiger partial charge in [0.1, 0.15) is 11.9 Å². The molecule has 21 heavy (non-hydrogen) atoms. The lowest BCUT2D eigenvalue weighted by atomic mass is 10.0. The minimum atomic E-state index is -0.816. The van der Waals surface area contributed by atoms with Gasteiger partial charge in [0.05, 0.1) is 17.3 Å². The quantitative estimate of drug-likeness (QED) is 0.917. The minimum Gasteiger partial charge on any atom is -0.492 e. The van der Waals surface area contributed by atoms with E-state index in [0.717, 1.165) is 4.47 Å². The predicted octanol–water partition coefficient (Wildman–Crippen LogP) is 3.05. The van der Waals surface area contributed by atoms with Crippen molar-refractivity contribution in [3.05, 3.63) is 46.2 Å². The number of fused-ring (bicyclic) bond motifs is 1. The van der Waals surface area contributed by atoms with Gasteiger partial charge < -0.3 is 19.3 Å². The second-order valence-corrected chi connectivity index (χ2v) is 5.38. The van der Waals surface area contributed by atoms with E-state index in [4.69, 9.17) is 14.2 Å². The summed E-state index contributed by atoms with van der Waals surface area (Å²) in [6.07, 6.45) is 2.42. The van der Waals surface area contributed by atoms with Crippen molar-refractivity contribution in [2.45, 2.75) is 13.0 Å². The number of halogens is 1. The van der Waals surface area contributed by atoms with Crippen LogP contribution in [-0.4, -0.2) is 23.5 Å². The van der Waals surface area contributed by atoms with Crippen LogP contribution < -0.4 is 14.2 Å². The Labute approximate surface area is 130 Å². The zero-order valence-corrected chi connectivity index (χ0v) is 13.0. The van der Waals surface area contributed by atoms with Crippen LogP contribution in [0, 0.1) is 0 Å². The van der Waals surface area contributed by atoms with Crippen LogP contribution in [0.2, 0.25) is 0 Å². The molecule has 6 heteroatoms. The third kappa shape index (κ3) is 2.82. The molecule has 0 spiro atoms. The zero-order valence-electron chi connectivity index (χ0n) is 11.4. The van der Waals surface area contributed by atoms with Gasteiger partial charge in [0, 0.05) is 11.8 Å². The van der Waals surface area contributed by atoms with E-state index in [1.54, 1.807) is 24.5 Å². The van der Waals surface area contributed by atoms with E-state index in [1.807, 2.05) is 13.0 Å². The van der Waals surface area contributed by atoms with Crippen molar-refractivity contribution in [2.75, 3.05) is 13.4 Å². The predicted molar refractivity (Wildman–Crippen MR) is 79.7 cm³/mol. The summed E-state index contributed by atoms with van der Waals surface area (Å²) in [7, 11) is 0. The molecule has 1 aromatic heterocycles. The van der Waals surface area contributed by atoms with Crippen LogP contribution in [0.1, 0.15) is 24.2 Å². The smallest absolute Gasteiger partial charge is 0.231 e. The number of pyridine rings is 1. The Morgan fingerprint density at radius 3 is 2.95 bits per heavy atom. The van der Waals surface area contributed by atoms with Crippen LogP contribution in [0.4, 0.5) is 0 Å². The molecule has 3 rings (SSSR count). The maximum atomic E-state index is 10.5. The molecule has 2 aromatic rings. The van der Waals surface area contributed by atoms with Gasteiger partial charge in [-0.3, -0.25) is 4.98 Å². The normalized spacial score (nSPS) is 14.0. The molecular formula is C15H14BrNO4. The number of hydrogen-bond acceptors (Lipinski definition) is 5. The van der Waals surface area contributed by atoms with Crippen molar-refractivity contribution in [1.29, 1.82) is 0 Å². The minimum absolute atomic E-state index is 0.189. The van der Waals surface area contributed by atoms with E-state index >= 15 is 0 Å². The fourth-order valence-corrected chi connectivity index (χ4v) is 2.74. The second kappa shape index (κ2) is 5.91. The SMILES string of the molecule is CCOc1cncc(C(O)c2cc(Br)c3c(c2)OCO3)c1. The fourth-order valence-electron chi connectivity index (χ4n) is 2.17. The number of benzene rings is 1. The summed E-state index contributed by atoms with van der Waals surface area (Å²) in [5.74, 6) is 1.91. The average Bonchev–Trinajstić information content (AvgIpc) is 2.96. The van der Waals surface area contributed by atoms with Gasteiger partial charge in [-0.05, 0) is 46.6 Å². The van der Waals surface area contributed by atoms with Crippen molar-refractivity contribution >= 4 is 15.9 Å². The first-order valence-corrected chi connectivity index (χ1v) is 7.33. The Balaban J connectivity index is 1.93. The van der Waals surface area contributed by atoms with Crippen molar-refractivity contribution in [1.82, 2.24) is 4.98 Å². The molecule has 1 aliphatic heterocycles. The summed E-state index contributed by atoms with van der Waals surface area (Å²) in [6.45, 7) is 2.64. The monoisotopic (exact) mass is 351 g/mol. The molecule has 0 amide bonds. The van der Waals surface area contributed by atoms with E-state index < -0.39 is 6.10 Å². The van der Waals surface area contributed by atoms with Crippen LogP contribution in [0.15, 0.2) is 35.1 Å². The highest BCUT2D eigenvalue weighted by Crippen LogP contribution is 2.42. The van der Waals surface area contributed by atoms with Gasteiger partial charge in [-0.15, -0.1) is 0 Å². The molecular weight excluding hydrogens is 338 g/mol. The van der Waals surface area contributed by atoms with Crippen LogP contribution in [0.25, 0.3) is 0 Å². The molecule has 0 saturated heterocycles. The number of rotatable bonds is 4. The largest absolute Gasteiger partial charge is 0.492 e. The lowest BCUT2D eigenvalue weighted by molar-refractivity contribution is 0.173. The Morgan fingerprint density at radius 1 is 1.29 bits per heavy atom. The lowest BCUT2D eigenvalue weighted by Gasteiger charge is -2.13. The summed E-state index contributed by atoms with van der Waals surface area (Å²) in [5.41, 5.74) is 1.35. The maximum Gasteiger partial charge on any atom is 0.231 e. The summed E-state index contributed by atoms with van der Waals surface area (Å²) in [4.78, 5) is 4.09. The summed E-state index contributed by atoms with van der Waals surface area (Å²) in [6, 6.07) is 5.36. The molecule has 1 N–H and O–H groups in total. The molecule has 1 unspecified atom stereocenters. The topological polar surface area (TPSA) is 60.8 Å². The van der Waals surface area contributed by atoms with E-state index in [1.165, 1.54) is 0 Å². The third-order valence-electron chi connectivity index (χ3n) is 3.13. The van der Waals surface area contributed by atoms with Crippen molar-refractivity contribution in [3.8, 4) is 17.2 Å². The van der Waals surface area contributed by atoms with Gasteiger partial charge >= 0.3 is 0 Å². The van der Waals surface area contributed by atoms with Crippen LogP contribution in [0.5, 0.6) is 17.2 Å². The summed E-state index contributed by atoms with van der Waals surface area (Å²) < 4.78 is 16.9. The Hall–Kier alpha value is -1.79. The van der Waals surface area contributed by atoms with Crippen molar-refractivity contribution < 1.29 is 19.3 Å². The molecule has 2 heterocycles. The van der Waals surface area contributed by atoms with E-state index in [2.05, 4.69) is 20.9 Å². The average molecular weight is 352 g/mol. The van der Waals surface area contributed by atoms with Gasteiger partial charge in [0.2, 0.25) is 6.79 Å². The van der Waals surface area contributed by atoms with Crippen LogP contribution in [-0.2, 0) is 0 Å². The maximum absolute atomic E-state index is 10.5. The molecule has 1 atom stereocenters. The molecule has 0 radical (unpaired) electrons. The highest BCUT2D eigenvalue weighted by molar-refractivity contribution is 9.10. The van der Waals surface area contributed by atoms with E-state index in [9.17, 15) is 5.11 Å². The highest BCUT2D eigenvalue weighted by Gasteiger charge is 2.21. The molecule has 0 saturated carbocycles. The number of ether oxygens (including phenoxy) is 3. The van der Waals surface area contributed by atoms with E-state index in [-0.39, 0.29) is 6.79 Å². The molecule has 0 bridgehead atoms. The summed E-state index contributed by atoms with van der Waals surface area (Å²) in [5, 5.41) is 10.5. The first-order chi connectivity index (χ1) is 10.2. The Bertz CT molecular complexity index is 662. The third-order valence-corrected chi connectivity index (χ3v) is 3.72. The Kier molecular flexibility index (Phi) is 3.98. The Morgan fingerprint density at radius 2 is 2.14 bits per heavy atom. The molecule has 0 fully saturated rings. The number of aromatic nitrogens is 1. The standard InChI is InChI=1S/C15H14BrNO4/c1-2-19-11-3-10(6-17-7-11)14(18)9-4-12(16)15-13(5-9)20-8-21-15/h3-7,14,18H,2,8H2,1H3. The molecule has 0 aliphatic carbocycles. The van der Waals surface area contributed by atoms with Crippen molar-refractivity contribution in [3.63, 3.8) is 0 Å². The zero-order chi connectivity index (χ0) is 14.8. The molecule has 5 nitrogen and oxygen atoms in total. The summed E-state index contributed by atoms with van der Waals surface area (Å²) >= 11 is 3.42. The second-order valence-electron chi connectivity index (χ2n) is 4.53. The van der Waals surface area contributed by atoms with Gasteiger partial charge in [-0.1, -0.05) is 0 Å². The van der Waals surface area contributed by atoms with Crippen LogP contribution >= 0.6 is 15.9 Å². The number of aliphatic hydroxyl groups is 1. The number of aliphatic hydroxyl groups excluding tert-OH is 1. The van der Waals surface area contributed by atoms with Gasteiger partial charge in [-0.25, -0.2) is 0 Å². The highest BCUT2D eigenvalue weighted by atomic mass is 79.9. The number of hydrogen-bond donors (Lipinski definition) is 1. The molecule has 1 aromatic carbocycles.